The van der Waals surface area contributed by atoms with Gasteiger partial charge < -0.3 is 10.1 Å². The van der Waals surface area contributed by atoms with Crippen LogP contribution in [0.2, 0.25) is 0 Å². The van der Waals surface area contributed by atoms with Gasteiger partial charge in [0.1, 0.15) is 0 Å². The van der Waals surface area contributed by atoms with Crippen molar-refractivity contribution in [3.8, 4) is 0 Å². The van der Waals surface area contributed by atoms with Crippen LogP contribution in [0, 0.1) is 0 Å². The fraction of sp³-hybridized carbons (Fsp3) is 0.235. The number of benzene rings is 2. The van der Waals surface area contributed by atoms with Crippen LogP contribution in [-0.2, 0) is 17.8 Å². The molecule has 20 heavy (non-hydrogen) atoms. The molecule has 0 radical (unpaired) electrons. The van der Waals surface area contributed by atoms with E-state index in [4.69, 9.17) is 4.74 Å². The maximum atomic E-state index is 12.3. The van der Waals surface area contributed by atoms with Gasteiger partial charge in [0.25, 0.3) is 5.91 Å². The summed E-state index contributed by atoms with van der Waals surface area (Å²) < 4.78 is 5.09. The van der Waals surface area contributed by atoms with Crippen LogP contribution < -0.4 is 5.32 Å². The summed E-state index contributed by atoms with van der Waals surface area (Å²) in [6, 6.07) is 15.3. The second-order valence-electron chi connectivity index (χ2n) is 4.60. The zero-order chi connectivity index (χ0) is 14.4. The highest BCUT2D eigenvalue weighted by Crippen LogP contribution is 2.17. The molecule has 1 amide bonds. The molecule has 0 aliphatic carbocycles. The lowest BCUT2D eigenvalue weighted by Crippen LogP contribution is -2.13. The van der Waals surface area contributed by atoms with Crippen LogP contribution in [0.15, 0.2) is 48.5 Å². The van der Waals surface area contributed by atoms with Crippen LogP contribution in [0.3, 0.4) is 0 Å². The highest BCUT2D eigenvalue weighted by molar-refractivity contribution is 6.04. The van der Waals surface area contributed by atoms with E-state index in [1.54, 1.807) is 7.11 Å². The van der Waals surface area contributed by atoms with E-state index in [2.05, 4.69) is 12.2 Å². The van der Waals surface area contributed by atoms with Gasteiger partial charge in [-0.15, -0.1) is 0 Å². The van der Waals surface area contributed by atoms with Crippen LogP contribution >= 0.6 is 0 Å². The van der Waals surface area contributed by atoms with Crippen molar-refractivity contribution < 1.29 is 9.53 Å². The van der Waals surface area contributed by atoms with Crippen molar-refractivity contribution in [3.63, 3.8) is 0 Å². The van der Waals surface area contributed by atoms with Crippen LogP contribution in [0.25, 0.3) is 0 Å². The minimum atomic E-state index is -0.0937. The molecule has 0 saturated carbocycles. The van der Waals surface area contributed by atoms with E-state index >= 15 is 0 Å². The predicted octanol–water partition coefficient (Wildman–Crippen LogP) is 3.65. The van der Waals surface area contributed by atoms with E-state index in [-0.39, 0.29) is 5.91 Å². The van der Waals surface area contributed by atoms with Gasteiger partial charge in [-0.3, -0.25) is 4.79 Å². The number of rotatable bonds is 5. The minimum Gasteiger partial charge on any atom is -0.380 e. The van der Waals surface area contributed by atoms with Gasteiger partial charge >= 0.3 is 0 Å². The Labute approximate surface area is 119 Å². The summed E-state index contributed by atoms with van der Waals surface area (Å²) in [6.45, 7) is 2.58. The number of amides is 1. The molecule has 3 nitrogen and oxygen atoms in total. The lowest BCUT2D eigenvalue weighted by Gasteiger charge is -2.10. The fourth-order valence-electron chi connectivity index (χ4n) is 2.11. The molecule has 3 heteroatoms. The second kappa shape index (κ2) is 6.87. The fourth-order valence-corrected chi connectivity index (χ4v) is 2.11. The Balaban J connectivity index is 2.17. The number of anilines is 1. The monoisotopic (exact) mass is 269 g/mol. The quantitative estimate of drug-likeness (QED) is 0.899. The van der Waals surface area contributed by atoms with Crippen LogP contribution in [0.4, 0.5) is 5.69 Å². The van der Waals surface area contributed by atoms with Crippen molar-refractivity contribution >= 4 is 11.6 Å². The Kier molecular flexibility index (Phi) is 4.91. The molecule has 0 bridgehead atoms. The smallest absolute Gasteiger partial charge is 0.255 e. The van der Waals surface area contributed by atoms with Gasteiger partial charge in [-0.05, 0) is 35.7 Å². The molecular formula is C17H19NO2. The number of aryl methyl sites for hydroxylation is 1. The first-order valence-electron chi connectivity index (χ1n) is 6.71. The number of carbonyl (C=O) groups excluding carboxylic acids is 1. The molecule has 0 aromatic heterocycles. The third kappa shape index (κ3) is 3.45. The molecule has 0 aliphatic heterocycles. The molecule has 2 aromatic carbocycles. The van der Waals surface area contributed by atoms with Crippen molar-refractivity contribution in [2.75, 3.05) is 12.4 Å². The van der Waals surface area contributed by atoms with E-state index in [9.17, 15) is 4.79 Å². The molecule has 2 aromatic rings. The van der Waals surface area contributed by atoms with Crippen LogP contribution in [-0.4, -0.2) is 13.0 Å². The Bertz CT molecular complexity index is 593. The van der Waals surface area contributed by atoms with Crippen molar-refractivity contribution in [1.29, 1.82) is 0 Å². The number of para-hydroxylation sites is 1. The number of hydrogen-bond acceptors (Lipinski definition) is 2. The van der Waals surface area contributed by atoms with Gasteiger partial charge in [0.05, 0.1) is 6.61 Å². The third-order valence-electron chi connectivity index (χ3n) is 3.15. The van der Waals surface area contributed by atoms with E-state index < -0.39 is 0 Å². The molecule has 0 saturated heterocycles. The standard InChI is InChI=1S/C17H19NO2/c1-3-14-8-4-5-10-16(14)18-17(19)15-9-6-7-13(11-15)12-20-2/h4-11H,3,12H2,1-2H3,(H,18,19). The molecule has 0 unspecified atom stereocenters. The third-order valence-corrected chi connectivity index (χ3v) is 3.15. The molecule has 0 fully saturated rings. The maximum absolute atomic E-state index is 12.3. The molecular weight excluding hydrogens is 250 g/mol. The maximum Gasteiger partial charge on any atom is 0.255 e. The normalized spacial score (nSPS) is 10.3. The average molecular weight is 269 g/mol. The van der Waals surface area contributed by atoms with Gasteiger partial charge in [0.2, 0.25) is 0 Å². The summed E-state index contributed by atoms with van der Waals surface area (Å²) in [5.41, 5.74) is 3.64. The molecule has 0 atom stereocenters. The summed E-state index contributed by atoms with van der Waals surface area (Å²) in [7, 11) is 1.64. The van der Waals surface area contributed by atoms with E-state index in [0.29, 0.717) is 12.2 Å². The lowest BCUT2D eigenvalue weighted by atomic mass is 10.1. The van der Waals surface area contributed by atoms with Crippen molar-refractivity contribution in [2.45, 2.75) is 20.0 Å². The highest BCUT2D eigenvalue weighted by Gasteiger charge is 2.08. The lowest BCUT2D eigenvalue weighted by molar-refractivity contribution is 0.102. The number of carbonyl (C=O) groups is 1. The molecule has 104 valence electrons. The predicted molar refractivity (Wildman–Crippen MR) is 80.9 cm³/mol. The summed E-state index contributed by atoms with van der Waals surface area (Å²) in [6.07, 6.45) is 0.889. The molecule has 1 N–H and O–H groups in total. The number of nitrogens with one attached hydrogen (secondary N) is 1. The summed E-state index contributed by atoms with van der Waals surface area (Å²) >= 11 is 0. The van der Waals surface area contributed by atoms with Crippen molar-refractivity contribution in [3.05, 3.63) is 65.2 Å². The van der Waals surface area contributed by atoms with Gasteiger partial charge in [0.15, 0.2) is 0 Å². The van der Waals surface area contributed by atoms with Gasteiger partial charge in [-0.25, -0.2) is 0 Å². The van der Waals surface area contributed by atoms with Gasteiger partial charge in [0, 0.05) is 18.4 Å². The zero-order valence-corrected chi connectivity index (χ0v) is 11.8. The van der Waals surface area contributed by atoms with E-state index in [1.165, 1.54) is 0 Å². The summed E-state index contributed by atoms with van der Waals surface area (Å²) in [4.78, 5) is 12.3. The first kappa shape index (κ1) is 14.3. The zero-order valence-electron chi connectivity index (χ0n) is 11.8. The Morgan fingerprint density at radius 2 is 1.95 bits per heavy atom. The van der Waals surface area contributed by atoms with Crippen molar-refractivity contribution in [2.24, 2.45) is 0 Å². The van der Waals surface area contributed by atoms with E-state index in [1.807, 2.05) is 48.5 Å². The number of hydrogen-bond donors (Lipinski definition) is 1. The highest BCUT2D eigenvalue weighted by atomic mass is 16.5. The van der Waals surface area contributed by atoms with Crippen molar-refractivity contribution in [1.82, 2.24) is 0 Å². The number of ether oxygens (including phenoxy) is 1. The summed E-state index contributed by atoms with van der Waals surface area (Å²) in [5, 5.41) is 2.97. The van der Waals surface area contributed by atoms with Gasteiger partial charge in [-0.2, -0.15) is 0 Å². The minimum absolute atomic E-state index is 0.0937. The molecule has 0 heterocycles. The Hall–Kier alpha value is -2.13. The second-order valence-corrected chi connectivity index (χ2v) is 4.60. The average Bonchev–Trinajstić information content (AvgIpc) is 2.48. The Morgan fingerprint density at radius 1 is 1.15 bits per heavy atom. The van der Waals surface area contributed by atoms with E-state index in [0.717, 1.165) is 23.2 Å². The molecule has 0 aliphatic rings. The SMILES string of the molecule is CCc1ccccc1NC(=O)c1cccc(COC)c1. The largest absolute Gasteiger partial charge is 0.380 e. The molecule has 0 spiro atoms. The van der Waals surface area contributed by atoms with Gasteiger partial charge in [-0.1, -0.05) is 37.3 Å². The Morgan fingerprint density at radius 3 is 2.70 bits per heavy atom. The first-order chi connectivity index (χ1) is 9.74. The number of methoxy groups -OCH3 is 1. The first-order valence-corrected chi connectivity index (χ1v) is 6.71. The van der Waals surface area contributed by atoms with Crippen LogP contribution in [0.1, 0.15) is 28.4 Å². The topological polar surface area (TPSA) is 38.3 Å². The summed E-state index contributed by atoms with van der Waals surface area (Å²) in [5.74, 6) is -0.0937. The molecule has 2 rings (SSSR count). The van der Waals surface area contributed by atoms with Crippen LogP contribution in [0.5, 0.6) is 0 Å².